The molecule has 36 heavy (non-hydrogen) atoms. The summed E-state index contributed by atoms with van der Waals surface area (Å²) in [5, 5.41) is 15.6. The average Bonchev–Trinajstić information content (AvgIpc) is 2.88. The Labute approximate surface area is 218 Å². The lowest BCUT2D eigenvalue weighted by atomic mass is 9.97. The molecule has 3 heterocycles. The summed E-state index contributed by atoms with van der Waals surface area (Å²) in [5.74, 6) is 1.02. The van der Waals surface area contributed by atoms with E-state index in [1.165, 1.54) is 9.47 Å². The van der Waals surface area contributed by atoms with Gasteiger partial charge < -0.3 is 30.1 Å². The van der Waals surface area contributed by atoms with E-state index in [4.69, 9.17) is 0 Å². The Bertz CT molecular complexity index is 1260. The van der Waals surface area contributed by atoms with Crippen molar-refractivity contribution in [3.63, 3.8) is 0 Å². The van der Waals surface area contributed by atoms with Crippen LogP contribution in [0.2, 0.25) is 0 Å². The van der Waals surface area contributed by atoms with E-state index in [-0.39, 0.29) is 24.6 Å². The maximum absolute atomic E-state index is 12.9. The maximum Gasteiger partial charge on any atom is 0.274 e. The van der Waals surface area contributed by atoms with Crippen molar-refractivity contribution in [3.05, 3.63) is 63.6 Å². The van der Waals surface area contributed by atoms with Crippen molar-refractivity contribution in [2.45, 2.75) is 19.4 Å². The van der Waals surface area contributed by atoms with Crippen LogP contribution >= 0.6 is 15.9 Å². The molecular weight excluding hydrogens is 526 g/mol. The summed E-state index contributed by atoms with van der Waals surface area (Å²) in [6.07, 6.45) is 5.18. The summed E-state index contributed by atoms with van der Waals surface area (Å²) in [5.41, 5.74) is 1.95. The fraction of sp³-hybridized carbons (Fsp3) is 0.360. The molecule has 0 spiro atoms. The zero-order valence-electron chi connectivity index (χ0n) is 20.3. The van der Waals surface area contributed by atoms with Gasteiger partial charge in [-0.25, -0.2) is 4.98 Å². The second-order valence-corrected chi connectivity index (χ2v) is 9.80. The fourth-order valence-electron chi connectivity index (χ4n) is 3.94. The predicted octanol–water partition coefficient (Wildman–Crippen LogP) is 3.18. The maximum atomic E-state index is 12.9. The van der Waals surface area contributed by atoms with Gasteiger partial charge in [0, 0.05) is 57.6 Å². The number of halogens is 1. The van der Waals surface area contributed by atoms with Crippen molar-refractivity contribution in [2.75, 3.05) is 49.3 Å². The summed E-state index contributed by atoms with van der Waals surface area (Å²) in [6.45, 7) is 2.09. The predicted molar refractivity (Wildman–Crippen MR) is 144 cm³/mol. The van der Waals surface area contributed by atoms with Gasteiger partial charge in [0.1, 0.15) is 12.2 Å². The van der Waals surface area contributed by atoms with Crippen molar-refractivity contribution < 1.29 is 9.90 Å². The number of rotatable bonds is 8. The van der Waals surface area contributed by atoms with Crippen LogP contribution in [-0.2, 0) is 11.3 Å². The Kier molecular flexibility index (Phi) is 8.21. The summed E-state index contributed by atoms with van der Waals surface area (Å²) in [4.78, 5) is 37.5. The van der Waals surface area contributed by atoms with Gasteiger partial charge in [-0.1, -0.05) is 0 Å². The van der Waals surface area contributed by atoms with Crippen molar-refractivity contribution in [1.29, 1.82) is 0 Å². The number of likely N-dealkylation sites (N-methyl/N-ethyl adjacent to an activating group) is 1. The molecule has 1 amide bonds. The Morgan fingerprint density at radius 2 is 1.89 bits per heavy atom. The van der Waals surface area contributed by atoms with Gasteiger partial charge in [-0.2, -0.15) is 4.98 Å². The molecule has 0 atom stereocenters. The average molecular weight is 556 g/mol. The topological polar surface area (TPSA) is 116 Å². The molecule has 0 bridgehead atoms. The first kappa shape index (κ1) is 25.6. The van der Waals surface area contributed by atoms with Gasteiger partial charge in [0.25, 0.3) is 5.56 Å². The zero-order chi connectivity index (χ0) is 25.7. The third kappa shape index (κ3) is 6.21. The lowest BCUT2D eigenvalue weighted by Crippen LogP contribution is -2.34. The van der Waals surface area contributed by atoms with Crippen LogP contribution < -0.4 is 21.1 Å². The number of benzene rings is 1. The summed E-state index contributed by atoms with van der Waals surface area (Å²) >= 11 is 3.43. The van der Waals surface area contributed by atoms with E-state index in [0.29, 0.717) is 27.8 Å². The summed E-state index contributed by atoms with van der Waals surface area (Å²) in [7, 11) is 3.30. The highest BCUT2D eigenvalue weighted by Gasteiger charge is 2.18. The molecule has 1 aromatic carbocycles. The number of aliphatic hydroxyl groups excluding tert-OH is 1. The molecule has 0 unspecified atom stereocenters. The second-order valence-electron chi connectivity index (χ2n) is 8.94. The van der Waals surface area contributed by atoms with Crippen LogP contribution in [0.25, 0.3) is 0 Å². The molecular formula is C25H30BrN7O3. The van der Waals surface area contributed by atoms with Gasteiger partial charge in [0.15, 0.2) is 5.82 Å². The Morgan fingerprint density at radius 1 is 1.17 bits per heavy atom. The molecule has 1 saturated heterocycles. The van der Waals surface area contributed by atoms with E-state index in [1.807, 2.05) is 12.1 Å². The molecule has 0 aliphatic carbocycles. The Hall–Kier alpha value is -3.44. The lowest BCUT2D eigenvalue weighted by molar-refractivity contribution is -0.129. The SMILES string of the molecule is CN(C)C(=O)Cn1cccc(Nc2nc(Nc3ccc(N4CCC(CO)CC4)cc3)ncc2Br)c1=O. The second kappa shape index (κ2) is 11.5. The van der Waals surface area contributed by atoms with E-state index in [2.05, 4.69) is 53.6 Å². The smallest absolute Gasteiger partial charge is 0.274 e. The van der Waals surface area contributed by atoms with Crippen LogP contribution in [0.15, 0.2) is 58.1 Å². The molecule has 10 nitrogen and oxygen atoms in total. The summed E-state index contributed by atoms with van der Waals surface area (Å²) < 4.78 is 1.95. The normalized spacial score (nSPS) is 13.9. The van der Waals surface area contributed by atoms with Crippen molar-refractivity contribution in [2.24, 2.45) is 5.92 Å². The van der Waals surface area contributed by atoms with Gasteiger partial charge in [0.05, 0.1) is 4.47 Å². The number of pyridine rings is 1. The molecule has 1 aliphatic rings. The number of carbonyl (C=O) groups excluding carboxylic acids is 1. The number of aliphatic hydroxyl groups is 1. The third-order valence-electron chi connectivity index (χ3n) is 6.18. The zero-order valence-corrected chi connectivity index (χ0v) is 21.9. The number of aromatic nitrogens is 3. The van der Waals surface area contributed by atoms with E-state index >= 15 is 0 Å². The molecule has 1 aliphatic heterocycles. The first-order chi connectivity index (χ1) is 17.3. The number of hydrogen-bond acceptors (Lipinski definition) is 8. The molecule has 3 N–H and O–H groups in total. The molecule has 0 radical (unpaired) electrons. The molecule has 11 heteroatoms. The van der Waals surface area contributed by atoms with Crippen LogP contribution in [0.5, 0.6) is 0 Å². The highest BCUT2D eigenvalue weighted by atomic mass is 79.9. The quantitative estimate of drug-likeness (QED) is 0.388. The first-order valence-electron chi connectivity index (χ1n) is 11.8. The number of amides is 1. The highest BCUT2D eigenvalue weighted by molar-refractivity contribution is 9.10. The lowest BCUT2D eigenvalue weighted by Gasteiger charge is -2.32. The molecule has 0 saturated carbocycles. The number of nitrogens with one attached hydrogen (secondary N) is 2. The van der Waals surface area contributed by atoms with E-state index < -0.39 is 0 Å². The summed E-state index contributed by atoms with van der Waals surface area (Å²) in [6, 6.07) is 11.4. The number of hydrogen-bond donors (Lipinski definition) is 3. The van der Waals surface area contributed by atoms with Crippen molar-refractivity contribution >= 4 is 50.7 Å². The van der Waals surface area contributed by atoms with Gasteiger partial charge in [-0.3, -0.25) is 9.59 Å². The van der Waals surface area contributed by atoms with E-state index in [9.17, 15) is 14.7 Å². The number of piperidine rings is 1. The van der Waals surface area contributed by atoms with Gasteiger partial charge in [-0.15, -0.1) is 0 Å². The third-order valence-corrected chi connectivity index (χ3v) is 6.76. The molecule has 1 fully saturated rings. The minimum absolute atomic E-state index is 0.0471. The highest BCUT2D eigenvalue weighted by Crippen LogP contribution is 2.27. The Balaban J connectivity index is 1.45. The number of nitrogens with zero attached hydrogens (tertiary/aromatic N) is 5. The Morgan fingerprint density at radius 3 is 2.56 bits per heavy atom. The molecule has 4 rings (SSSR count). The van der Waals surface area contributed by atoms with Gasteiger partial charge >= 0.3 is 0 Å². The largest absolute Gasteiger partial charge is 0.396 e. The van der Waals surface area contributed by atoms with Crippen molar-refractivity contribution in [1.82, 2.24) is 19.4 Å². The molecule has 2 aromatic heterocycles. The molecule has 3 aromatic rings. The van der Waals surface area contributed by atoms with E-state index in [1.54, 1.807) is 38.6 Å². The monoisotopic (exact) mass is 555 g/mol. The van der Waals surface area contributed by atoms with Crippen LogP contribution in [0, 0.1) is 5.92 Å². The van der Waals surface area contributed by atoms with E-state index in [0.717, 1.165) is 37.3 Å². The fourth-order valence-corrected chi connectivity index (χ4v) is 4.23. The van der Waals surface area contributed by atoms with Crippen LogP contribution in [-0.4, -0.2) is 64.2 Å². The van der Waals surface area contributed by atoms with Crippen LogP contribution in [0.3, 0.4) is 0 Å². The minimum Gasteiger partial charge on any atom is -0.396 e. The standard InChI is InChI=1S/C25H30BrN7O3/c1-31(2)22(35)15-33-11-3-4-21(24(33)36)29-23-20(26)14-27-25(30-23)28-18-5-7-19(8-6-18)32-12-9-17(16-34)10-13-32/h3-8,11,14,17,34H,9-10,12-13,15-16H2,1-2H3,(H2,27,28,29,30). The van der Waals surface area contributed by atoms with Gasteiger partial charge in [0.2, 0.25) is 11.9 Å². The number of carbonyl (C=O) groups is 1. The van der Waals surface area contributed by atoms with Gasteiger partial charge in [-0.05, 0) is 71.1 Å². The molecule has 190 valence electrons. The van der Waals surface area contributed by atoms with Crippen LogP contribution in [0.1, 0.15) is 12.8 Å². The van der Waals surface area contributed by atoms with Crippen molar-refractivity contribution in [3.8, 4) is 0 Å². The van der Waals surface area contributed by atoms with Crippen LogP contribution in [0.4, 0.5) is 28.8 Å². The minimum atomic E-state index is -0.327. The first-order valence-corrected chi connectivity index (χ1v) is 12.6. The number of anilines is 5.